The maximum Gasteiger partial charge on any atom is 0.243 e. The Labute approximate surface area is 230 Å². The first-order valence-corrected chi connectivity index (χ1v) is 13.8. The van der Waals surface area contributed by atoms with E-state index < -0.39 is 21.4 Å². The number of furan rings is 1. The number of sulfonamides is 1. The Kier molecular flexibility index (Phi) is 7.33. The minimum atomic E-state index is -4.13. The van der Waals surface area contributed by atoms with Gasteiger partial charge in [0.15, 0.2) is 5.76 Å². The van der Waals surface area contributed by atoms with Crippen molar-refractivity contribution >= 4 is 21.7 Å². The second-order valence-electron chi connectivity index (χ2n) is 9.21. The number of aryl methyl sites for hydroxylation is 1. The van der Waals surface area contributed by atoms with Crippen LogP contribution in [0.3, 0.4) is 0 Å². The lowest BCUT2D eigenvalue weighted by atomic mass is 10.1. The first-order chi connectivity index (χ1) is 19.2. The Morgan fingerprint density at radius 1 is 1.12 bits per heavy atom. The second kappa shape index (κ2) is 10.9. The molecule has 1 aliphatic rings. The minimum absolute atomic E-state index is 0.00639. The van der Waals surface area contributed by atoms with Crippen molar-refractivity contribution in [2.24, 2.45) is 0 Å². The van der Waals surface area contributed by atoms with Gasteiger partial charge < -0.3 is 23.9 Å². The number of nitriles is 1. The van der Waals surface area contributed by atoms with Crippen LogP contribution in [0, 0.1) is 18.3 Å². The SMILES string of the molecule is COc1cccc(OC)c1-n1c(NS(=O)(=O)[C@@H]2C[C@H](O)CN(c3cncc(C#N)c3)C2)nnc1-c1ccc(C)o1. The molecule has 1 aliphatic heterocycles. The van der Waals surface area contributed by atoms with Gasteiger partial charge in [0.25, 0.3) is 0 Å². The van der Waals surface area contributed by atoms with Crippen LogP contribution < -0.4 is 19.1 Å². The quantitative estimate of drug-likeness (QED) is 0.322. The zero-order valence-corrected chi connectivity index (χ0v) is 22.8. The predicted molar refractivity (Wildman–Crippen MR) is 145 cm³/mol. The number of aromatic nitrogens is 4. The minimum Gasteiger partial charge on any atom is -0.494 e. The molecule has 1 saturated heterocycles. The maximum absolute atomic E-state index is 13.8. The van der Waals surface area contributed by atoms with Crippen molar-refractivity contribution in [3.63, 3.8) is 0 Å². The number of benzene rings is 1. The third-order valence-corrected chi connectivity index (χ3v) is 8.22. The number of rotatable bonds is 8. The van der Waals surface area contributed by atoms with Crippen LogP contribution in [-0.2, 0) is 10.0 Å². The summed E-state index contributed by atoms with van der Waals surface area (Å²) in [5, 5.41) is 27.2. The average Bonchev–Trinajstić information content (AvgIpc) is 3.57. The molecular formula is C26H27N7O6S. The fourth-order valence-electron chi connectivity index (χ4n) is 4.66. The predicted octanol–water partition coefficient (Wildman–Crippen LogP) is 2.50. The van der Waals surface area contributed by atoms with Crippen LogP contribution in [0.2, 0.25) is 0 Å². The first kappa shape index (κ1) is 27.0. The van der Waals surface area contributed by atoms with Gasteiger partial charge in [-0.25, -0.2) is 8.42 Å². The number of anilines is 2. The van der Waals surface area contributed by atoms with Gasteiger partial charge in [0.1, 0.15) is 34.3 Å². The summed E-state index contributed by atoms with van der Waals surface area (Å²) >= 11 is 0. The Morgan fingerprint density at radius 3 is 2.52 bits per heavy atom. The molecule has 0 saturated carbocycles. The van der Waals surface area contributed by atoms with Crippen molar-refractivity contribution in [2.75, 3.05) is 36.9 Å². The summed E-state index contributed by atoms with van der Waals surface area (Å²) in [6.45, 7) is 2.03. The highest BCUT2D eigenvalue weighted by Gasteiger charge is 2.37. The number of ether oxygens (including phenoxy) is 2. The molecule has 1 fully saturated rings. The molecule has 4 heterocycles. The molecule has 0 unspecified atom stereocenters. The number of hydrogen-bond acceptors (Lipinski definition) is 11. The van der Waals surface area contributed by atoms with E-state index in [1.807, 2.05) is 6.07 Å². The van der Waals surface area contributed by atoms with Crippen LogP contribution in [0.15, 0.2) is 53.2 Å². The third kappa shape index (κ3) is 5.16. The molecule has 2 atom stereocenters. The molecule has 0 aliphatic carbocycles. The second-order valence-corrected chi connectivity index (χ2v) is 11.2. The van der Waals surface area contributed by atoms with Crippen molar-refractivity contribution in [3.8, 4) is 34.8 Å². The van der Waals surface area contributed by atoms with E-state index in [0.717, 1.165) is 0 Å². The molecule has 2 N–H and O–H groups in total. The molecule has 40 heavy (non-hydrogen) atoms. The summed E-state index contributed by atoms with van der Waals surface area (Å²) in [5.41, 5.74) is 1.23. The molecule has 5 rings (SSSR count). The molecule has 0 bridgehead atoms. The number of methoxy groups -OCH3 is 2. The topological polar surface area (TPSA) is 169 Å². The highest BCUT2D eigenvalue weighted by molar-refractivity contribution is 7.93. The van der Waals surface area contributed by atoms with Gasteiger partial charge in [0.05, 0.1) is 37.8 Å². The lowest BCUT2D eigenvalue weighted by Crippen LogP contribution is -2.50. The molecule has 0 spiro atoms. The summed E-state index contributed by atoms with van der Waals surface area (Å²) in [7, 11) is -1.16. The van der Waals surface area contributed by atoms with Crippen LogP contribution in [-0.4, -0.2) is 71.9 Å². The summed E-state index contributed by atoms with van der Waals surface area (Å²) in [6.07, 6.45) is 2.00. The number of aliphatic hydroxyl groups is 1. The van der Waals surface area contributed by atoms with Crippen LogP contribution in [0.25, 0.3) is 17.3 Å². The Hall–Kier alpha value is -4.61. The molecule has 4 aromatic rings. The van der Waals surface area contributed by atoms with Crippen molar-refractivity contribution in [1.82, 2.24) is 19.7 Å². The number of nitrogens with one attached hydrogen (secondary N) is 1. The highest BCUT2D eigenvalue weighted by Crippen LogP contribution is 2.38. The Balaban J connectivity index is 1.55. The van der Waals surface area contributed by atoms with E-state index in [0.29, 0.717) is 40.0 Å². The normalized spacial score (nSPS) is 17.3. The monoisotopic (exact) mass is 565 g/mol. The van der Waals surface area contributed by atoms with Gasteiger partial charge in [-0.1, -0.05) is 6.07 Å². The lowest BCUT2D eigenvalue weighted by molar-refractivity contribution is 0.155. The smallest absolute Gasteiger partial charge is 0.243 e. The lowest BCUT2D eigenvalue weighted by Gasteiger charge is -2.36. The Bertz CT molecular complexity index is 1650. The zero-order valence-electron chi connectivity index (χ0n) is 22.0. The number of β-amino-alcohol motifs (C(OH)–C–C–N with tert-alkyl or cyclic N) is 1. The third-order valence-electron chi connectivity index (χ3n) is 6.53. The van der Waals surface area contributed by atoms with Crippen molar-refractivity contribution in [2.45, 2.75) is 24.7 Å². The molecule has 0 amide bonds. The van der Waals surface area contributed by atoms with Gasteiger partial charge in [-0.15, -0.1) is 10.2 Å². The highest BCUT2D eigenvalue weighted by atomic mass is 32.2. The van der Waals surface area contributed by atoms with E-state index in [-0.39, 0.29) is 31.3 Å². The molecule has 14 heteroatoms. The summed E-state index contributed by atoms with van der Waals surface area (Å²) in [6, 6.07) is 12.2. The fourth-order valence-corrected chi connectivity index (χ4v) is 6.07. The molecule has 0 radical (unpaired) electrons. The molecule has 208 valence electrons. The molecule has 3 aromatic heterocycles. The average molecular weight is 566 g/mol. The van der Waals surface area contributed by atoms with Crippen molar-refractivity contribution in [3.05, 3.63) is 60.1 Å². The van der Waals surface area contributed by atoms with Gasteiger partial charge in [0.2, 0.25) is 21.8 Å². The van der Waals surface area contributed by atoms with Gasteiger partial charge >= 0.3 is 0 Å². The van der Waals surface area contributed by atoms with Gasteiger partial charge in [-0.3, -0.25) is 14.3 Å². The zero-order chi connectivity index (χ0) is 28.4. The number of piperidine rings is 1. The number of hydrogen-bond donors (Lipinski definition) is 2. The van der Waals surface area contributed by atoms with Crippen molar-refractivity contribution < 1.29 is 27.4 Å². The van der Waals surface area contributed by atoms with Gasteiger partial charge in [-0.05, 0) is 43.7 Å². The number of pyridine rings is 1. The fraction of sp³-hybridized carbons (Fsp3) is 0.308. The molecule has 1 aromatic carbocycles. The summed E-state index contributed by atoms with van der Waals surface area (Å²) in [5.74, 6) is 1.85. The van der Waals surface area contributed by atoms with E-state index in [9.17, 15) is 18.8 Å². The van der Waals surface area contributed by atoms with Gasteiger partial charge in [-0.2, -0.15) is 5.26 Å². The number of aliphatic hydroxyl groups excluding tert-OH is 1. The van der Waals surface area contributed by atoms with E-state index in [4.69, 9.17) is 13.9 Å². The van der Waals surface area contributed by atoms with Gasteiger partial charge in [0, 0.05) is 19.3 Å². The standard InChI is InChI=1S/C26H27N7O6S/c1-16-7-8-23(39-16)25-29-30-26(33(25)24-21(37-2)5-4-6-22(24)38-3)31-40(35,36)20-10-19(34)14-32(15-20)18-9-17(11-27)12-28-13-18/h4-9,12-13,19-20,34H,10,14-15H2,1-3H3,(H,30,31)/t19-,20+/m0/s1. The number of nitrogens with zero attached hydrogens (tertiary/aromatic N) is 6. The summed E-state index contributed by atoms with van der Waals surface area (Å²) < 4.78 is 48.5. The van der Waals surface area contributed by atoms with Crippen LogP contribution in [0.5, 0.6) is 11.5 Å². The Morgan fingerprint density at radius 2 is 1.88 bits per heavy atom. The maximum atomic E-state index is 13.8. The van der Waals surface area contributed by atoms with E-state index in [2.05, 4.69) is 19.9 Å². The van der Waals surface area contributed by atoms with Crippen LogP contribution >= 0.6 is 0 Å². The molecular weight excluding hydrogens is 538 g/mol. The first-order valence-electron chi connectivity index (χ1n) is 12.3. The summed E-state index contributed by atoms with van der Waals surface area (Å²) in [4.78, 5) is 5.75. The largest absolute Gasteiger partial charge is 0.494 e. The number of para-hydroxylation sites is 1. The van der Waals surface area contributed by atoms with Crippen LogP contribution in [0.1, 0.15) is 17.7 Å². The van der Waals surface area contributed by atoms with E-state index >= 15 is 0 Å². The molecule has 13 nitrogen and oxygen atoms in total. The van der Waals surface area contributed by atoms with E-state index in [1.165, 1.54) is 31.2 Å². The van der Waals surface area contributed by atoms with Crippen molar-refractivity contribution in [1.29, 1.82) is 5.26 Å². The van der Waals surface area contributed by atoms with Crippen LogP contribution in [0.4, 0.5) is 11.6 Å². The van der Waals surface area contributed by atoms with E-state index in [1.54, 1.807) is 48.2 Å².